The molecule has 0 spiro atoms. The molecule has 6 nitrogen and oxygen atoms in total. The van der Waals surface area contributed by atoms with Crippen LogP contribution in [-0.4, -0.2) is 57.9 Å². The first-order chi connectivity index (χ1) is 6.97. The van der Waals surface area contributed by atoms with E-state index in [0.717, 1.165) is 0 Å². The number of carbonyl (C=O) groups is 1. The van der Waals surface area contributed by atoms with Crippen molar-refractivity contribution < 1.29 is 30.0 Å². The first-order valence-electron chi connectivity index (χ1n) is 4.76. The Kier molecular flexibility index (Phi) is 4.04. The maximum Gasteiger partial charge on any atom is 0.305 e. The number of carbonyl (C=O) groups excluding carboxylic acids is 1. The van der Waals surface area contributed by atoms with Gasteiger partial charge in [-0.2, -0.15) is 0 Å². The van der Waals surface area contributed by atoms with Crippen molar-refractivity contribution in [1.82, 2.24) is 0 Å². The Labute approximate surface area is 87.1 Å². The minimum absolute atomic E-state index is 0.0640. The maximum absolute atomic E-state index is 11.0. The molecular weight excluding hydrogens is 204 g/mol. The molecule has 1 fully saturated rings. The molecule has 0 amide bonds. The van der Waals surface area contributed by atoms with Crippen molar-refractivity contribution in [3.05, 3.63) is 0 Å². The highest BCUT2D eigenvalue weighted by Gasteiger charge is 2.42. The molecule has 1 aliphatic rings. The van der Waals surface area contributed by atoms with Crippen molar-refractivity contribution in [2.75, 3.05) is 7.11 Å². The van der Waals surface area contributed by atoms with Gasteiger partial charge in [0.25, 0.3) is 0 Å². The lowest BCUT2D eigenvalue weighted by molar-refractivity contribution is -0.166. The minimum atomic E-state index is -1.43. The number of rotatable bonds is 2. The summed E-state index contributed by atoms with van der Waals surface area (Å²) < 4.78 is 4.42. The molecule has 0 aliphatic heterocycles. The zero-order valence-electron chi connectivity index (χ0n) is 8.41. The number of ether oxygens (including phenoxy) is 1. The number of esters is 1. The number of hydrogen-bond donors (Lipinski definition) is 4. The third-order valence-electron chi connectivity index (χ3n) is 2.78. The van der Waals surface area contributed by atoms with Gasteiger partial charge in [0.1, 0.15) is 12.2 Å². The van der Waals surface area contributed by atoms with Gasteiger partial charge in [0, 0.05) is 5.92 Å². The highest BCUT2D eigenvalue weighted by atomic mass is 16.5. The van der Waals surface area contributed by atoms with Crippen LogP contribution in [0.25, 0.3) is 0 Å². The molecule has 4 N–H and O–H groups in total. The van der Waals surface area contributed by atoms with Crippen LogP contribution in [0, 0.1) is 5.92 Å². The topological polar surface area (TPSA) is 107 Å². The third kappa shape index (κ3) is 2.66. The fourth-order valence-corrected chi connectivity index (χ4v) is 1.80. The molecular formula is C9H16O6. The summed E-state index contributed by atoms with van der Waals surface area (Å²) in [5.41, 5.74) is 0. The monoisotopic (exact) mass is 220 g/mol. The van der Waals surface area contributed by atoms with Crippen LogP contribution in [0.2, 0.25) is 0 Å². The maximum atomic E-state index is 11.0. The van der Waals surface area contributed by atoms with Gasteiger partial charge in [-0.3, -0.25) is 4.79 Å². The second kappa shape index (κ2) is 4.89. The zero-order chi connectivity index (χ0) is 11.6. The van der Waals surface area contributed by atoms with E-state index in [0.29, 0.717) is 0 Å². The van der Waals surface area contributed by atoms with Crippen LogP contribution < -0.4 is 0 Å². The van der Waals surface area contributed by atoms with Gasteiger partial charge < -0.3 is 25.2 Å². The SMILES string of the molecule is COC(=O)C[C@@H]1C[C@@H](O)[C@@H](O)[C@H](O)[C@H]1O. The van der Waals surface area contributed by atoms with E-state index in [-0.39, 0.29) is 12.8 Å². The molecule has 0 unspecified atom stereocenters. The highest BCUT2D eigenvalue weighted by molar-refractivity contribution is 5.69. The molecule has 6 heteroatoms. The Morgan fingerprint density at radius 3 is 2.33 bits per heavy atom. The van der Waals surface area contributed by atoms with Gasteiger partial charge in [-0.15, -0.1) is 0 Å². The molecule has 15 heavy (non-hydrogen) atoms. The zero-order valence-corrected chi connectivity index (χ0v) is 8.41. The molecule has 0 aromatic rings. The lowest BCUT2D eigenvalue weighted by atomic mass is 9.79. The third-order valence-corrected chi connectivity index (χ3v) is 2.78. The minimum Gasteiger partial charge on any atom is -0.469 e. The van der Waals surface area contributed by atoms with Crippen LogP contribution in [0.4, 0.5) is 0 Å². The molecule has 0 heterocycles. The lowest BCUT2D eigenvalue weighted by Crippen LogP contribution is -2.53. The number of aliphatic hydroxyl groups excluding tert-OH is 4. The standard InChI is InChI=1S/C9H16O6/c1-15-6(11)3-4-2-5(10)8(13)9(14)7(4)12/h4-5,7-10,12-14H,2-3H2,1H3/t4-,5+,7-,8+,9+/m0/s1. The van der Waals surface area contributed by atoms with E-state index in [2.05, 4.69) is 4.74 Å². The molecule has 0 saturated heterocycles. The highest BCUT2D eigenvalue weighted by Crippen LogP contribution is 2.28. The Bertz CT molecular complexity index is 231. The van der Waals surface area contributed by atoms with Crippen molar-refractivity contribution in [3.8, 4) is 0 Å². The second-order valence-corrected chi connectivity index (χ2v) is 3.82. The molecule has 1 rings (SSSR count). The van der Waals surface area contributed by atoms with Crippen molar-refractivity contribution >= 4 is 5.97 Å². The van der Waals surface area contributed by atoms with Crippen LogP contribution in [0.1, 0.15) is 12.8 Å². The van der Waals surface area contributed by atoms with Crippen molar-refractivity contribution in [1.29, 1.82) is 0 Å². The van der Waals surface area contributed by atoms with Gasteiger partial charge in [-0.1, -0.05) is 0 Å². The average Bonchev–Trinajstić information content (AvgIpc) is 2.22. The lowest BCUT2D eigenvalue weighted by Gasteiger charge is -2.37. The predicted octanol–water partition coefficient (Wildman–Crippen LogP) is -1.99. The molecule has 1 aliphatic carbocycles. The van der Waals surface area contributed by atoms with Gasteiger partial charge in [0.05, 0.1) is 25.7 Å². The van der Waals surface area contributed by atoms with Gasteiger partial charge >= 0.3 is 5.97 Å². The summed E-state index contributed by atoms with van der Waals surface area (Å²) in [4.78, 5) is 11.0. The van der Waals surface area contributed by atoms with Crippen molar-refractivity contribution in [2.45, 2.75) is 37.3 Å². The first-order valence-corrected chi connectivity index (χ1v) is 4.76. The normalized spacial score (nSPS) is 41.3. The summed E-state index contributed by atoms with van der Waals surface area (Å²) in [6.45, 7) is 0. The number of hydrogen-bond acceptors (Lipinski definition) is 6. The summed E-state index contributed by atoms with van der Waals surface area (Å²) in [5.74, 6) is -1.11. The molecule has 5 atom stereocenters. The first kappa shape index (κ1) is 12.4. The van der Waals surface area contributed by atoms with E-state index < -0.39 is 36.3 Å². The van der Waals surface area contributed by atoms with Gasteiger partial charge in [-0.25, -0.2) is 0 Å². The quantitative estimate of drug-likeness (QED) is 0.401. The Balaban J connectivity index is 2.62. The van der Waals surface area contributed by atoms with Gasteiger partial charge in [0.2, 0.25) is 0 Å². The van der Waals surface area contributed by atoms with Gasteiger partial charge in [0.15, 0.2) is 0 Å². The van der Waals surface area contributed by atoms with Crippen LogP contribution in [-0.2, 0) is 9.53 Å². The fourth-order valence-electron chi connectivity index (χ4n) is 1.80. The second-order valence-electron chi connectivity index (χ2n) is 3.82. The largest absolute Gasteiger partial charge is 0.469 e. The molecule has 0 radical (unpaired) electrons. The number of aliphatic hydroxyl groups is 4. The van der Waals surface area contributed by atoms with E-state index in [4.69, 9.17) is 0 Å². The van der Waals surface area contributed by atoms with E-state index >= 15 is 0 Å². The summed E-state index contributed by atoms with van der Waals surface area (Å²) in [5, 5.41) is 37.5. The van der Waals surface area contributed by atoms with Crippen LogP contribution in [0.5, 0.6) is 0 Å². The van der Waals surface area contributed by atoms with E-state index in [1.807, 2.05) is 0 Å². The molecule has 88 valence electrons. The number of methoxy groups -OCH3 is 1. The molecule has 0 aromatic carbocycles. The van der Waals surface area contributed by atoms with E-state index in [1.165, 1.54) is 7.11 Å². The van der Waals surface area contributed by atoms with Crippen LogP contribution in [0.15, 0.2) is 0 Å². The van der Waals surface area contributed by atoms with E-state index in [1.54, 1.807) is 0 Å². The Hall–Kier alpha value is -0.690. The Morgan fingerprint density at radius 1 is 1.20 bits per heavy atom. The predicted molar refractivity (Wildman–Crippen MR) is 48.8 cm³/mol. The van der Waals surface area contributed by atoms with Crippen LogP contribution in [0.3, 0.4) is 0 Å². The van der Waals surface area contributed by atoms with Crippen LogP contribution >= 0.6 is 0 Å². The molecule has 0 aromatic heterocycles. The van der Waals surface area contributed by atoms with Gasteiger partial charge in [-0.05, 0) is 6.42 Å². The smallest absolute Gasteiger partial charge is 0.305 e. The summed E-state index contributed by atoms with van der Waals surface area (Å²) in [6.07, 6.45) is -5.16. The van der Waals surface area contributed by atoms with E-state index in [9.17, 15) is 25.2 Å². The fraction of sp³-hybridized carbons (Fsp3) is 0.889. The summed E-state index contributed by atoms with van der Waals surface area (Å²) in [7, 11) is 1.22. The Morgan fingerprint density at radius 2 is 1.80 bits per heavy atom. The molecule has 1 saturated carbocycles. The average molecular weight is 220 g/mol. The van der Waals surface area contributed by atoms with Crippen molar-refractivity contribution in [2.24, 2.45) is 5.92 Å². The molecule has 0 bridgehead atoms. The summed E-state index contributed by atoms with van der Waals surface area (Å²) in [6, 6.07) is 0. The summed E-state index contributed by atoms with van der Waals surface area (Å²) >= 11 is 0. The van der Waals surface area contributed by atoms with Crippen molar-refractivity contribution in [3.63, 3.8) is 0 Å².